The van der Waals surface area contributed by atoms with E-state index in [2.05, 4.69) is 27.9 Å². The molecule has 4 heteroatoms. The molecular weight excluding hydrogens is 352 g/mol. The van der Waals surface area contributed by atoms with Crippen molar-refractivity contribution in [3.8, 4) is 0 Å². The summed E-state index contributed by atoms with van der Waals surface area (Å²) in [4.78, 5) is 0. The summed E-state index contributed by atoms with van der Waals surface area (Å²) in [5.74, 6) is -0.220. The summed E-state index contributed by atoms with van der Waals surface area (Å²) in [6.07, 6.45) is 0. The van der Waals surface area contributed by atoms with Gasteiger partial charge in [-0.15, -0.1) is 0 Å². The van der Waals surface area contributed by atoms with E-state index in [0.29, 0.717) is 6.54 Å². The van der Waals surface area contributed by atoms with Crippen molar-refractivity contribution < 1.29 is 4.39 Å². The summed E-state index contributed by atoms with van der Waals surface area (Å²) >= 11 is 8.01. The van der Waals surface area contributed by atoms with Crippen molar-refractivity contribution in [1.82, 2.24) is 0 Å². The van der Waals surface area contributed by atoms with Gasteiger partial charge < -0.3 is 5.32 Å². The van der Waals surface area contributed by atoms with Crippen LogP contribution in [0.4, 0.5) is 10.1 Å². The van der Waals surface area contributed by atoms with Crippen molar-refractivity contribution in [3.63, 3.8) is 0 Å². The van der Waals surface area contributed by atoms with Crippen LogP contribution in [-0.4, -0.2) is 0 Å². The first-order valence-corrected chi connectivity index (χ1v) is 6.54. The van der Waals surface area contributed by atoms with Gasteiger partial charge in [0.05, 0.1) is 0 Å². The maximum absolute atomic E-state index is 12.9. The number of benzene rings is 2. The van der Waals surface area contributed by atoms with Gasteiger partial charge in [-0.1, -0.05) is 23.7 Å². The van der Waals surface area contributed by atoms with E-state index in [0.717, 1.165) is 19.8 Å². The van der Waals surface area contributed by atoms with Crippen molar-refractivity contribution in [2.24, 2.45) is 0 Å². The molecule has 0 aromatic heterocycles. The standard InChI is InChI=1S/C13H10ClFIN/c14-10-3-1-2-9(6-10)8-17-13-5-4-11(15)7-12(13)16/h1-7,17H,8H2. The van der Waals surface area contributed by atoms with Crippen molar-refractivity contribution >= 4 is 39.9 Å². The highest BCUT2D eigenvalue weighted by Crippen LogP contribution is 2.20. The largest absolute Gasteiger partial charge is 0.380 e. The molecule has 1 nitrogen and oxygen atoms in total. The lowest BCUT2D eigenvalue weighted by Gasteiger charge is -2.08. The van der Waals surface area contributed by atoms with Gasteiger partial charge in [0.15, 0.2) is 0 Å². The Balaban J connectivity index is 2.07. The number of anilines is 1. The molecule has 0 saturated heterocycles. The third-order valence-corrected chi connectivity index (χ3v) is 3.43. The van der Waals surface area contributed by atoms with Crippen LogP contribution in [0, 0.1) is 9.39 Å². The van der Waals surface area contributed by atoms with Gasteiger partial charge in [-0.2, -0.15) is 0 Å². The summed E-state index contributed by atoms with van der Waals surface area (Å²) in [5.41, 5.74) is 2.02. The van der Waals surface area contributed by atoms with E-state index >= 15 is 0 Å². The monoisotopic (exact) mass is 361 g/mol. The molecule has 2 rings (SSSR count). The molecule has 88 valence electrons. The normalized spacial score (nSPS) is 10.3. The SMILES string of the molecule is Fc1ccc(NCc2cccc(Cl)c2)c(I)c1. The fourth-order valence-corrected chi connectivity index (χ4v) is 2.36. The van der Waals surface area contributed by atoms with Crippen LogP contribution in [-0.2, 0) is 6.54 Å². The molecule has 0 amide bonds. The van der Waals surface area contributed by atoms with E-state index in [1.165, 1.54) is 12.1 Å². The Hall–Kier alpha value is -0.810. The number of halogens is 3. The Kier molecular flexibility index (Phi) is 4.23. The minimum absolute atomic E-state index is 0.220. The van der Waals surface area contributed by atoms with Crippen LogP contribution < -0.4 is 5.32 Å². The van der Waals surface area contributed by atoms with Gasteiger partial charge in [0, 0.05) is 20.8 Å². The molecule has 2 aromatic rings. The lowest BCUT2D eigenvalue weighted by Crippen LogP contribution is -2.01. The fraction of sp³-hybridized carbons (Fsp3) is 0.0769. The van der Waals surface area contributed by atoms with Crippen LogP contribution in [0.15, 0.2) is 42.5 Å². The van der Waals surface area contributed by atoms with Crippen molar-refractivity contribution in [3.05, 3.63) is 62.4 Å². The summed E-state index contributed by atoms with van der Waals surface area (Å²) < 4.78 is 13.8. The highest BCUT2D eigenvalue weighted by Gasteiger charge is 2.01. The highest BCUT2D eigenvalue weighted by atomic mass is 127. The summed E-state index contributed by atoms with van der Waals surface area (Å²) in [6, 6.07) is 12.3. The van der Waals surface area contributed by atoms with E-state index in [4.69, 9.17) is 11.6 Å². The molecule has 1 N–H and O–H groups in total. The molecule has 0 heterocycles. The fourth-order valence-electron chi connectivity index (χ4n) is 1.48. The molecule has 0 spiro atoms. The number of rotatable bonds is 3. The zero-order valence-corrected chi connectivity index (χ0v) is 11.8. The van der Waals surface area contributed by atoms with Crippen LogP contribution in [0.1, 0.15) is 5.56 Å². The molecule has 0 radical (unpaired) electrons. The molecule has 0 saturated carbocycles. The van der Waals surface area contributed by atoms with Crippen molar-refractivity contribution in [2.45, 2.75) is 6.54 Å². The molecule has 0 aliphatic carbocycles. The molecule has 0 bridgehead atoms. The van der Waals surface area contributed by atoms with Gasteiger partial charge in [0.2, 0.25) is 0 Å². The quantitative estimate of drug-likeness (QED) is 0.782. The van der Waals surface area contributed by atoms with E-state index in [9.17, 15) is 4.39 Å². The number of nitrogens with one attached hydrogen (secondary N) is 1. The second-order valence-electron chi connectivity index (χ2n) is 3.61. The molecule has 0 aliphatic rings. The lowest BCUT2D eigenvalue weighted by atomic mass is 10.2. The Morgan fingerprint density at radius 2 is 2.00 bits per heavy atom. The Morgan fingerprint density at radius 1 is 1.18 bits per heavy atom. The minimum atomic E-state index is -0.220. The zero-order chi connectivity index (χ0) is 12.3. The van der Waals surface area contributed by atoms with Gasteiger partial charge in [0.1, 0.15) is 5.82 Å². The van der Waals surface area contributed by atoms with Crippen molar-refractivity contribution in [1.29, 1.82) is 0 Å². The predicted molar refractivity (Wildman–Crippen MR) is 77.9 cm³/mol. The topological polar surface area (TPSA) is 12.0 Å². The van der Waals surface area contributed by atoms with Crippen LogP contribution in [0.2, 0.25) is 5.02 Å². The Morgan fingerprint density at radius 3 is 2.71 bits per heavy atom. The average Bonchev–Trinajstić information content (AvgIpc) is 2.28. The molecule has 0 unspecified atom stereocenters. The van der Waals surface area contributed by atoms with E-state index in [1.54, 1.807) is 6.07 Å². The Bertz CT molecular complexity index is 531. The van der Waals surface area contributed by atoms with Gasteiger partial charge >= 0.3 is 0 Å². The molecule has 2 aromatic carbocycles. The van der Waals surface area contributed by atoms with E-state index < -0.39 is 0 Å². The maximum Gasteiger partial charge on any atom is 0.124 e. The highest BCUT2D eigenvalue weighted by molar-refractivity contribution is 14.1. The Labute approximate surface area is 118 Å². The summed E-state index contributed by atoms with van der Waals surface area (Å²) in [5, 5.41) is 3.97. The minimum Gasteiger partial charge on any atom is -0.380 e. The first-order valence-electron chi connectivity index (χ1n) is 5.08. The van der Waals surface area contributed by atoms with Crippen molar-refractivity contribution in [2.75, 3.05) is 5.32 Å². The third kappa shape index (κ3) is 3.57. The summed E-state index contributed by atoms with van der Waals surface area (Å²) in [7, 11) is 0. The van der Waals surface area contributed by atoms with Gasteiger partial charge in [-0.3, -0.25) is 0 Å². The van der Waals surface area contributed by atoms with Crippen LogP contribution in [0.3, 0.4) is 0 Å². The number of hydrogen-bond acceptors (Lipinski definition) is 1. The molecule has 17 heavy (non-hydrogen) atoms. The zero-order valence-electron chi connectivity index (χ0n) is 8.88. The second-order valence-corrected chi connectivity index (χ2v) is 5.21. The predicted octanol–water partition coefficient (Wildman–Crippen LogP) is 4.70. The molecular formula is C13H10ClFIN. The van der Waals surface area contributed by atoms with Crippen LogP contribution in [0.5, 0.6) is 0 Å². The van der Waals surface area contributed by atoms with Crippen LogP contribution >= 0.6 is 34.2 Å². The van der Waals surface area contributed by atoms with Gasteiger partial charge in [-0.05, 0) is 58.5 Å². The first-order chi connectivity index (χ1) is 8.15. The maximum atomic E-state index is 12.9. The molecule has 0 fully saturated rings. The molecule has 0 atom stereocenters. The third-order valence-electron chi connectivity index (χ3n) is 2.30. The van der Waals surface area contributed by atoms with Gasteiger partial charge in [-0.25, -0.2) is 4.39 Å². The molecule has 0 aliphatic heterocycles. The van der Waals surface area contributed by atoms with Gasteiger partial charge in [0.25, 0.3) is 0 Å². The second kappa shape index (κ2) is 5.69. The van der Waals surface area contributed by atoms with Crippen LogP contribution in [0.25, 0.3) is 0 Å². The number of hydrogen-bond donors (Lipinski definition) is 1. The smallest absolute Gasteiger partial charge is 0.124 e. The van der Waals surface area contributed by atoms with E-state index in [-0.39, 0.29) is 5.82 Å². The first kappa shape index (κ1) is 12.6. The average molecular weight is 362 g/mol. The summed E-state index contributed by atoms with van der Waals surface area (Å²) in [6.45, 7) is 0.669. The lowest BCUT2D eigenvalue weighted by molar-refractivity contribution is 0.627. The van der Waals surface area contributed by atoms with E-state index in [1.807, 2.05) is 24.3 Å².